The van der Waals surface area contributed by atoms with E-state index >= 15 is 0 Å². The minimum absolute atomic E-state index is 0.0287. The van der Waals surface area contributed by atoms with Gasteiger partial charge in [-0.3, -0.25) is 10.1 Å². The molecule has 0 spiro atoms. The predicted octanol–water partition coefficient (Wildman–Crippen LogP) is 5.85. The zero-order chi connectivity index (χ0) is 23.1. The van der Waals surface area contributed by atoms with Crippen molar-refractivity contribution >= 4 is 68.8 Å². The Balaban J connectivity index is 1.59. The van der Waals surface area contributed by atoms with E-state index in [1.54, 1.807) is 18.3 Å². The number of non-ortho nitro benzene ring substituents is 1. The first-order chi connectivity index (χ1) is 15.3. The Morgan fingerprint density at radius 1 is 1.12 bits per heavy atom. The highest BCUT2D eigenvalue weighted by molar-refractivity contribution is 14.1. The molecule has 0 heterocycles. The number of urea groups is 1. The maximum Gasteiger partial charge on any atom is 0.339 e. The topological polar surface area (TPSA) is 106 Å². The van der Waals surface area contributed by atoms with Gasteiger partial charge in [0.2, 0.25) is 0 Å². The van der Waals surface area contributed by atoms with Crippen LogP contribution in [0.4, 0.5) is 16.2 Å². The fourth-order valence-corrected chi connectivity index (χ4v) is 4.80. The van der Waals surface area contributed by atoms with Crippen LogP contribution in [0.15, 0.2) is 65.8 Å². The Morgan fingerprint density at radius 2 is 1.81 bits per heavy atom. The van der Waals surface area contributed by atoms with Gasteiger partial charge in [0, 0.05) is 17.8 Å². The number of nitro groups is 1. The van der Waals surface area contributed by atoms with Crippen molar-refractivity contribution < 1.29 is 14.5 Å². The minimum atomic E-state index is -0.439. The van der Waals surface area contributed by atoms with Crippen LogP contribution in [0.5, 0.6) is 5.75 Å². The molecule has 32 heavy (non-hydrogen) atoms. The van der Waals surface area contributed by atoms with Gasteiger partial charge in [0.1, 0.15) is 12.4 Å². The van der Waals surface area contributed by atoms with Crippen LogP contribution in [0, 0.1) is 24.2 Å². The average molecular weight is 656 g/mol. The molecule has 0 fully saturated rings. The molecule has 0 aliphatic carbocycles. The summed E-state index contributed by atoms with van der Waals surface area (Å²) in [4.78, 5) is 22.5. The highest BCUT2D eigenvalue weighted by atomic mass is 127. The van der Waals surface area contributed by atoms with Crippen molar-refractivity contribution in [1.29, 1.82) is 0 Å². The molecule has 3 aromatic carbocycles. The summed E-state index contributed by atoms with van der Waals surface area (Å²) >= 11 is 4.31. The zero-order valence-corrected chi connectivity index (χ0v) is 21.2. The molecule has 164 valence electrons. The number of hydrazone groups is 1. The number of nitro benzene ring substituents is 1. The lowest BCUT2D eigenvalue weighted by Crippen LogP contribution is -2.24. The number of nitrogens with zero attached hydrogens (tertiary/aromatic N) is 2. The molecular weight excluding hydrogens is 638 g/mol. The van der Waals surface area contributed by atoms with E-state index in [0.29, 0.717) is 17.0 Å². The van der Waals surface area contributed by atoms with Crippen molar-refractivity contribution in [3.63, 3.8) is 0 Å². The van der Waals surface area contributed by atoms with Crippen LogP contribution in [-0.2, 0) is 6.61 Å². The summed E-state index contributed by atoms with van der Waals surface area (Å²) in [5.74, 6) is 0.680. The van der Waals surface area contributed by atoms with E-state index < -0.39 is 11.0 Å². The molecule has 0 aromatic heterocycles. The molecule has 0 aliphatic rings. The van der Waals surface area contributed by atoms with Crippen LogP contribution < -0.4 is 15.5 Å². The third kappa shape index (κ3) is 6.88. The zero-order valence-electron chi connectivity index (χ0n) is 16.8. The number of rotatable bonds is 7. The first-order valence-electron chi connectivity index (χ1n) is 9.34. The Kier molecular flexibility index (Phi) is 8.39. The van der Waals surface area contributed by atoms with Crippen molar-refractivity contribution in [2.24, 2.45) is 5.10 Å². The highest BCUT2D eigenvalue weighted by Gasteiger charge is 2.11. The molecule has 0 saturated heterocycles. The van der Waals surface area contributed by atoms with Crippen LogP contribution in [-0.4, -0.2) is 17.2 Å². The normalized spacial score (nSPS) is 10.7. The summed E-state index contributed by atoms with van der Waals surface area (Å²) in [6.45, 7) is 2.18. The maximum atomic E-state index is 12.0. The van der Waals surface area contributed by atoms with E-state index in [1.165, 1.54) is 12.1 Å². The van der Waals surface area contributed by atoms with Crippen molar-refractivity contribution in [2.45, 2.75) is 13.5 Å². The van der Waals surface area contributed by atoms with Gasteiger partial charge in [-0.2, -0.15) is 5.10 Å². The van der Waals surface area contributed by atoms with Gasteiger partial charge in [0.05, 0.1) is 18.3 Å². The van der Waals surface area contributed by atoms with Crippen molar-refractivity contribution in [2.75, 3.05) is 5.32 Å². The predicted molar refractivity (Wildman–Crippen MR) is 140 cm³/mol. The molecule has 10 heteroatoms. The van der Waals surface area contributed by atoms with Gasteiger partial charge in [-0.25, -0.2) is 10.2 Å². The van der Waals surface area contributed by atoms with E-state index in [1.807, 2.05) is 43.3 Å². The van der Waals surface area contributed by atoms with Gasteiger partial charge in [0.25, 0.3) is 5.69 Å². The lowest BCUT2D eigenvalue weighted by atomic mass is 10.2. The fraction of sp³-hybridized carbons (Fsp3) is 0.0909. The summed E-state index contributed by atoms with van der Waals surface area (Å²) in [5, 5.41) is 17.6. The fourth-order valence-electron chi connectivity index (χ4n) is 2.67. The summed E-state index contributed by atoms with van der Waals surface area (Å²) in [7, 11) is 0. The molecule has 2 N–H and O–H groups in total. The summed E-state index contributed by atoms with van der Waals surface area (Å²) in [5.41, 5.74) is 5.75. The van der Waals surface area contributed by atoms with E-state index in [2.05, 4.69) is 61.0 Å². The average Bonchev–Trinajstić information content (AvgIpc) is 2.75. The van der Waals surface area contributed by atoms with Crippen molar-refractivity contribution in [3.8, 4) is 5.75 Å². The number of hydrogen-bond donors (Lipinski definition) is 2. The van der Waals surface area contributed by atoms with Gasteiger partial charge < -0.3 is 10.1 Å². The number of ether oxygens (including phenoxy) is 1. The first kappa shape index (κ1) is 23.9. The van der Waals surface area contributed by atoms with E-state index in [9.17, 15) is 14.9 Å². The highest BCUT2D eigenvalue weighted by Crippen LogP contribution is 2.29. The first-order valence-corrected chi connectivity index (χ1v) is 11.5. The number of carbonyl (C=O) groups excluding carboxylic acids is 1. The number of halogens is 2. The number of nitrogens with one attached hydrogen (secondary N) is 2. The second-order valence-corrected chi connectivity index (χ2v) is 9.04. The standard InChI is InChI=1S/C22H18I2N4O4/c1-14-5-7-17(8-6-14)26-22(29)27-25-12-16-10-19(23)21(20(24)11-16)32-13-15-3-2-4-18(9-15)28(30)31/h2-12H,13H2,1H3,(H2,26,27,29)/b25-12+. The molecular formula is C22H18I2N4O4. The van der Waals surface area contributed by atoms with Crippen LogP contribution >= 0.6 is 45.2 Å². The summed E-state index contributed by atoms with van der Waals surface area (Å²) in [6, 6.07) is 17.1. The van der Waals surface area contributed by atoms with Crippen LogP contribution in [0.2, 0.25) is 0 Å². The lowest BCUT2D eigenvalue weighted by Gasteiger charge is -2.11. The van der Waals surface area contributed by atoms with Crippen molar-refractivity contribution in [3.05, 3.63) is 94.6 Å². The van der Waals surface area contributed by atoms with E-state index in [4.69, 9.17) is 4.74 Å². The molecule has 3 rings (SSSR count). The molecule has 0 aliphatic heterocycles. The Bertz CT molecular complexity index is 1140. The maximum absolute atomic E-state index is 12.0. The molecule has 2 amide bonds. The number of aryl methyl sites for hydroxylation is 1. The molecule has 0 unspecified atom stereocenters. The van der Waals surface area contributed by atoms with Crippen LogP contribution in [0.25, 0.3) is 0 Å². The minimum Gasteiger partial charge on any atom is -0.487 e. The van der Waals surface area contributed by atoms with E-state index in [-0.39, 0.29) is 12.3 Å². The number of hydrogen-bond acceptors (Lipinski definition) is 5. The molecule has 8 nitrogen and oxygen atoms in total. The van der Waals surface area contributed by atoms with Crippen LogP contribution in [0.3, 0.4) is 0 Å². The largest absolute Gasteiger partial charge is 0.487 e. The molecule has 0 atom stereocenters. The molecule has 0 bridgehead atoms. The molecule has 0 saturated carbocycles. The number of carbonyl (C=O) groups is 1. The van der Waals surface area contributed by atoms with Crippen molar-refractivity contribution in [1.82, 2.24) is 5.43 Å². The quantitative estimate of drug-likeness (QED) is 0.144. The smallest absolute Gasteiger partial charge is 0.339 e. The second-order valence-electron chi connectivity index (χ2n) is 6.72. The van der Waals surface area contributed by atoms with Gasteiger partial charge in [-0.1, -0.05) is 29.8 Å². The van der Waals surface area contributed by atoms with Gasteiger partial charge in [-0.15, -0.1) is 0 Å². The number of amides is 2. The van der Waals surface area contributed by atoms with Gasteiger partial charge in [-0.05, 0) is 87.5 Å². The molecule has 3 aromatic rings. The second kappa shape index (κ2) is 11.2. The number of anilines is 1. The number of benzene rings is 3. The van der Waals surface area contributed by atoms with E-state index in [0.717, 1.165) is 18.3 Å². The van der Waals surface area contributed by atoms with Crippen LogP contribution in [0.1, 0.15) is 16.7 Å². The third-order valence-electron chi connectivity index (χ3n) is 4.21. The Morgan fingerprint density at radius 3 is 2.47 bits per heavy atom. The van der Waals surface area contributed by atoms with Gasteiger partial charge >= 0.3 is 6.03 Å². The molecule has 0 radical (unpaired) electrons. The van der Waals surface area contributed by atoms with Gasteiger partial charge in [0.15, 0.2) is 0 Å². The Labute approximate surface area is 211 Å². The monoisotopic (exact) mass is 656 g/mol. The lowest BCUT2D eigenvalue weighted by molar-refractivity contribution is -0.384. The Hall–Kier alpha value is -2.74. The summed E-state index contributed by atoms with van der Waals surface area (Å²) < 4.78 is 7.60. The summed E-state index contributed by atoms with van der Waals surface area (Å²) in [6.07, 6.45) is 1.55. The SMILES string of the molecule is Cc1ccc(NC(=O)N/N=C/c2cc(I)c(OCc3cccc([N+](=O)[O-])c3)c(I)c2)cc1. The third-order valence-corrected chi connectivity index (χ3v) is 5.82.